The lowest BCUT2D eigenvalue weighted by molar-refractivity contribution is 0.379. The first kappa shape index (κ1) is 14.0. The summed E-state index contributed by atoms with van der Waals surface area (Å²) in [4.78, 5) is 12.6. The van der Waals surface area contributed by atoms with Crippen molar-refractivity contribution >= 4 is 11.9 Å². The molecule has 0 radical (unpaired) electrons. The van der Waals surface area contributed by atoms with E-state index in [2.05, 4.69) is 44.6 Å². The molecular weight excluding hydrogens is 254 g/mol. The number of benzene rings is 1. The van der Waals surface area contributed by atoms with E-state index in [1.807, 2.05) is 25.1 Å². The molecule has 2 N–H and O–H groups in total. The lowest BCUT2D eigenvalue weighted by atomic mass is 10.1. The maximum atomic E-state index is 5.09. The standard InChI is InChI=1S/C14H19N5O/c1-4-15-12-17-13(19-14(18-12)20-3)16-10(2)11-8-6-5-7-9-11/h5-10H,4H2,1-3H3,(H2,15,16,17,18,19). The number of nitrogens with zero attached hydrogens (tertiary/aromatic N) is 3. The smallest absolute Gasteiger partial charge is 0.322 e. The average molecular weight is 273 g/mol. The highest BCUT2D eigenvalue weighted by atomic mass is 16.5. The van der Waals surface area contributed by atoms with E-state index < -0.39 is 0 Å². The van der Waals surface area contributed by atoms with Crippen LogP contribution in [-0.4, -0.2) is 28.6 Å². The normalized spacial score (nSPS) is 11.8. The molecule has 1 aromatic carbocycles. The molecule has 2 aromatic rings. The van der Waals surface area contributed by atoms with Gasteiger partial charge in [0.15, 0.2) is 0 Å². The summed E-state index contributed by atoms with van der Waals surface area (Å²) in [7, 11) is 1.54. The summed E-state index contributed by atoms with van der Waals surface area (Å²) in [5.41, 5.74) is 1.16. The largest absolute Gasteiger partial charge is 0.467 e. The number of rotatable bonds is 6. The van der Waals surface area contributed by atoms with Gasteiger partial charge in [0.1, 0.15) is 0 Å². The molecule has 0 aliphatic carbocycles. The Morgan fingerprint density at radius 2 is 1.80 bits per heavy atom. The Bertz CT molecular complexity index is 547. The molecule has 6 heteroatoms. The van der Waals surface area contributed by atoms with Crippen LogP contribution in [0.1, 0.15) is 25.5 Å². The molecule has 1 aromatic heterocycles. The lowest BCUT2D eigenvalue weighted by Gasteiger charge is -2.15. The summed E-state index contributed by atoms with van der Waals surface area (Å²) in [6.45, 7) is 4.77. The zero-order valence-electron chi connectivity index (χ0n) is 11.9. The Morgan fingerprint density at radius 1 is 1.10 bits per heavy atom. The van der Waals surface area contributed by atoms with Gasteiger partial charge in [-0.3, -0.25) is 0 Å². The van der Waals surface area contributed by atoms with E-state index in [4.69, 9.17) is 4.74 Å². The van der Waals surface area contributed by atoms with Crippen molar-refractivity contribution in [1.29, 1.82) is 0 Å². The molecule has 0 aliphatic heterocycles. The number of hydrogen-bond acceptors (Lipinski definition) is 6. The zero-order chi connectivity index (χ0) is 14.4. The second-order valence-corrected chi connectivity index (χ2v) is 4.28. The SMILES string of the molecule is CCNc1nc(NC(C)c2ccccc2)nc(OC)n1. The Morgan fingerprint density at radius 3 is 2.45 bits per heavy atom. The molecule has 1 heterocycles. The predicted molar refractivity (Wildman–Crippen MR) is 79.0 cm³/mol. The zero-order valence-corrected chi connectivity index (χ0v) is 11.9. The van der Waals surface area contributed by atoms with Gasteiger partial charge in [-0.05, 0) is 19.4 Å². The van der Waals surface area contributed by atoms with E-state index in [0.717, 1.165) is 12.1 Å². The number of anilines is 2. The molecule has 106 valence electrons. The van der Waals surface area contributed by atoms with Gasteiger partial charge in [-0.15, -0.1) is 0 Å². The number of hydrogen-bond donors (Lipinski definition) is 2. The van der Waals surface area contributed by atoms with Gasteiger partial charge in [-0.25, -0.2) is 0 Å². The van der Waals surface area contributed by atoms with Crippen LogP contribution in [0.4, 0.5) is 11.9 Å². The Balaban J connectivity index is 2.17. The third-order valence-electron chi connectivity index (χ3n) is 2.78. The molecule has 0 saturated carbocycles. The first-order valence-corrected chi connectivity index (χ1v) is 6.58. The molecule has 0 saturated heterocycles. The first-order chi connectivity index (χ1) is 9.72. The first-order valence-electron chi connectivity index (χ1n) is 6.58. The number of aromatic nitrogens is 3. The van der Waals surface area contributed by atoms with Crippen molar-refractivity contribution in [2.24, 2.45) is 0 Å². The second kappa shape index (κ2) is 6.70. The molecule has 1 atom stereocenters. The van der Waals surface area contributed by atoms with Crippen molar-refractivity contribution in [2.45, 2.75) is 19.9 Å². The highest BCUT2D eigenvalue weighted by Crippen LogP contribution is 2.18. The Labute approximate surface area is 118 Å². The number of ether oxygens (including phenoxy) is 1. The van der Waals surface area contributed by atoms with Crippen LogP contribution >= 0.6 is 0 Å². The van der Waals surface area contributed by atoms with E-state index in [1.165, 1.54) is 7.11 Å². The summed E-state index contributed by atoms with van der Waals surface area (Å²) in [6, 6.07) is 10.5. The van der Waals surface area contributed by atoms with E-state index >= 15 is 0 Å². The van der Waals surface area contributed by atoms with Crippen LogP contribution in [0.2, 0.25) is 0 Å². The number of methoxy groups -OCH3 is 1. The second-order valence-electron chi connectivity index (χ2n) is 4.28. The number of nitrogens with one attached hydrogen (secondary N) is 2. The Hall–Kier alpha value is -2.37. The van der Waals surface area contributed by atoms with Crippen molar-refractivity contribution in [2.75, 3.05) is 24.3 Å². The minimum atomic E-state index is 0.0952. The quantitative estimate of drug-likeness (QED) is 0.842. The molecule has 0 aliphatic rings. The van der Waals surface area contributed by atoms with Crippen LogP contribution < -0.4 is 15.4 Å². The van der Waals surface area contributed by atoms with Gasteiger partial charge in [-0.1, -0.05) is 30.3 Å². The third kappa shape index (κ3) is 3.57. The van der Waals surface area contributed by atoms with Gasteiger partial charge in [0.2, 0.25) is 11.9 Å². The fraction of sp³-hybridized carbons (Fsp3) is 0.357. The Kier molecular flexibility index (Phi) is 4.70. The van der Waals surface area contributed by atoms with Crippen LogP contribution in [0, 0.1) is 0 Å². The summed E-state index contributed by atoms with van der Waals surface area (Å²) in [6.07, 6.45) is 0. The average Bonchev–Trinajstić information content (AvgIpc) is 2.48. The van der Waals surface area contributed by atoms with Gasteiger partial charge < -0.3 is 15.4 Å². The van der Waals surface area contributed by atoms with Crippen molar-refractivity contribution in [3.05, 3.63) is 35.9 Å². The van der Waals surface area contributed by atoms with E-state index in [-0.39, 0.29) is 6.04 Å². The summed E-state index contributed by atoms with van der Waals surface area (Å²) in [5.74, 6) is 0.992. The summed E-state index contributed by atoms with van der Waals surface area (Å²) in [5, 5.41) is 6.30. The van der Waals surface area contributed by atoms with Crippen molar-refractivity contribution < 1.29 is 4.74 Å². The molecule has 1 unspecified atom stereocenters. The van der Waals surface area contributed by atoms with Crippen LogP contribution in [0.25, 0.3) is 0 Å². The molecule has 0 fully saturated rings. The topological polar surface area (TPSA) is 72.0 Å². The van der Waals surface area contributed by atoms with Gasteiger partial charge >= 0.3 is 6.01 Å². The van der Waals surface area contributed by atoms with E-state index in [1.54, 1.807) is 0 Å². The molecular formula is C14H19N5O. The van der Waals surface area contributed by atoms with Crippen LogP contribution in [-0.2, 0) is 0 Å². The maximum absolute atomic E-state index is 5.09. The molecule has 2 rings (SSSR count). The molecule has 0 spiro atoms. The molecule has 6 nitrogen and oxygen atoms in total. The monoisotopic (exact) mass is 273 g/mol. The van der Waals surface area contributed by atoms with E-state index in [0.29, 0.717) is 17.9 Å². The third-order valence-corrected chi connectivity index (χ3v) is 2.78. The van der Waals surface area contributed by atoms with Crippen LogP contribution in [0.5, 0.6) is 6.01 Å². The molecule has 20 heavy (non-hydrogen) atoms. The fourth-order valence-electron chi connectivity index (χ4n) is 1.77. The van der Waals surface area contributed by atoms with Crippen LogP contribution in [0.3, 0.4) is 0 Å². The summed E-state index contributed by atoms with van der Waals surface area (Å²) >= 11 is 0. The van der Waals surface area contributed by atoms with Crippen molar-refractivity contribution in [3.8, 4) is 6.01 Å². The van der Waals surface area contributed by atoms with Crippen LogP contribution in [0.15, 0.2) is 30.3 Å². The minimum Gasteiger partial charge on any atom is -0.467 e. The van der Waals surface area contributed by atoms with Gasteiger partial charge in [0, 0.05) is 6.54 Å². The van der Waals surface area contributed by atoms with Crippen molar-refractivity contribution in [1.82, 2.24) is 15.0 Å². The molecule has 0 bridgehead atoms. The summed E-state index contributed by atoms with van der Waals surface area (Å²) < 4.78 is 5.09. The fourth-order valence-corrected chi connectivity index (χ4v) is 1.77. The van der Waals surface area contributed by atoms with Gasteiger partial charge in [-0.2, -0.15) is 15.0 Å². The lowest BCUT2D eigenvalue weighted by Crippen LogP contribution is -2.12. The highest BCUT2D eigenvalue weighted by Gasteiger charge is 2.10. The predicted octanol–water partition coefficient (Wildman–Crippen LogP) is 2.49. The molecule has 0 amide bonds. The van der Waals surface area contributed by atoms with E-state index in [9.17, 15) is 0 Å². The highest BCUT2D eigenvalue weighted by molar-refractivity contribution is 5.38. The van der Waals surface area contributed by atoms with Gasteiger partial charge in [0.05, 0.1) is 13.2 Å². The van der Waals surface area contributed by atoms with Gasteiger partial charge in [0.25, 0.3) is 0 Å². The maximum Gasteiger partial charge on any atom is 0.322 e. The van der Waals surface area contributed by atoms with Crippen molar-refractivity contribution in [3.63, 3.8) is 0 Å². The minimum absolute atomic E-state index is 0.0952.